The van der Waals surface area contributed by atoms with E-state index in [1.807, 2.05) is 0 Å². The molecule has 0 radical (unpaired) electrons. The number of sulfonamides is 1. The molecule has 0 bridgehead atoms. The summed E-state index contributed by atoms with van der Waals surface area (Å²) in [4.78, 5) is 27.0. The summed E-state index contributed by atoms with van der Waals surface area (Å²) >= 11 is 0. The van der Waals surface area contributed by atoms with Crippen molar-refractivity contribution >= 4 is 21.9 Å². The van der Waals surface area contributed by atoms with Crippen LogP contribution in [0.1, 0.15) is 39.4 Å². The second kappa shape index (κ2) is 6.63. The highest BCUT2D eigenvalue weighted by Crippen LogP contribution is 2.19. The van der Waals surface area contributed by atoms with Gasteiger partial charge in [-0.1, -0.05) is 0 Å². The predicted octanol–water partition coefficient (Wildman–Crippen LogP) is 0.242. The highest BCUT2D eigenvalue weighted by Gasteiger charge is 2.31. The Balaban J connectivity index is 2.03. The smallest absolute Gasteiger partial charge is 0.337 e. The Morgan fingerprint density at radius 1 is 1.43 bits per heavy atom. The van der Waals surface area contributed by atoms with Crippen LogP contribution in [-0.4, -0.2) is 60.1 Å². The average molecular weight is 341 g/mol. The summed E-state index contributed by atoms with van der Waals surface area (Å²) in [5.41, 5.74) is 0.403. The summed E-state index contributed by atoms with van der Waals surface area (Å²) in [6, 6.07) is 2.42. The molecule has 23 heavy (non-hydrogen) atoms. The fourth-order valence-electron chi connectivity index (χ4n) is 2.66. The lowest BCUT2D eigenvalue weighted by Crippen LogP contribution is -2.42. The van der Waals surface area contributed by atoms with E-state index in [4.69, 9.17) is 5.11 Å². The van der Waals surface area contributed by atoms with Gasteiger partial charge in [-0.15, -0.1) is 0 Å². The van der Waals surface area contributed by atoms with E-state index in [1.165, 1.54) is 23.4 Å². The molecule has 9 heteroatoms. The Labute approximate surface area is 134 Å². The minimum absolute atomic E-state index is 0.0422. The summed E-state index contributed by atoms with van der Waals surface area (Å²) in [6.45, 7) is 2.18. The summed E-state index contributed by atoms with van der Waals surface area (Å²) in [5.74, 6) is -1.55. The molecule has 126 valence electrons. The van der Waals surface area contributed by atoms with E-state index in [0.717, 1.165) is 12.7 Å². The number of nitrogens with one attached hydrogen (secondary N) is 1. The molecule has 1 fully saturated rings. The Kier molecular flexibility index (Phi) is 5.00. The van der Waals surface area contributed by atoms with Crippen LogP contribution in [0.3, 0.4) is 0 Å². The normalized spacial score (nSPS) is 18.8. The summed E-state index contributed by atoms with van der Waals surface area (Å²) < 4.78 is 24.7. The van der Waals surface area contributed by atoms with E-state index in [1.54, 1.807) is 0 Å². The van der Waals surface area contributed by atoms with E-state index in [2.05, 4.69) is 10.3 Å². The van der Waals surface area contributed by atoms with Crippen LogP contribution in [0, 0.1) is 6.92 Å². The molecule has 8 nitrogen and oxygen atoms in total. The van der Waals surface area contributed by atoms with Crippen LogP contribution < -0.4 is 5.32 Å². The van der Waals surface area contributed by atoms with Crippen LogP contribution in [0.15, 0.2) is 12.1 Å². The van der Waals surface area contributed by atoms with Crippen molar-refractivity contribution in [2.75, 3.05) is 19.3 Å². The summed E-state index contributed by atoms with van der Waals surface area (Å²) in [5, 5.41) is 11.6. The molecular weight excluding hydrogens is 322 g/mol. The molecule has 0 saturated carbocycles. The monoisotopic (exact) mass is 341 g/mol. The molecule has 2 N–H and O–H groups in total. The van der Waals surface area contributed by atoms with Gasteiger partial charge < -0.3 is 10.4 Å². The number of carboxylic acid groups (broad SMARTS) is 1. The van der Waals surface area contributed by atoms with Crippen molar-refractivity contribution in [3.8, 4) is 0 Å². The summed E-state index contributed by atoms with van der Waals surface area (Å²) in [6.07, 6.45) is 2.61. The van der Waals surface area contributed by atoms with Crippen molar-refractivity contribution in [2.45, 2.75) is 25.8 Å². The van der Waals surface area contributed by atoms with E-state index in [-0.39, 0.29) is 29.5 Å². The first-order valence-corrected chi connectivity index (χ1v) is 9.01. The van der Waals surface area contributed by atoms with E-state index >= 15 is 0 Å². The first kappa shape index (κ1) is 17.4. The molecular formula is C14H19N3O5S. The molecule has 2 rings (SSSR count). The van der Waals surface area contributed by atoms with Gasteiger partial charge in [0, 0.05) is 19.1 Å². The Hall–Kier alpha value is -2.00. The van der Waals surface area contributed by atoms with Crippen molar-refractivity contribution in [2.24, 2.45) is 0 Å². The lowest BCUT2D eigenvalue weighted by Gasteiger charge is -2.22. The highest BCUT2D eigenvalue weighted by atomic mass is 32.2. The maximum absolute atomic E-state index is 12.1. The number of carboxylic acids is 1. The number of aryl methyl sites for hydroxylation is 1. The number of rotatable bonds is 5. The fourth-order valence-corrected chi connectivity index (χ4v) is 3.85. The van der Waals surface area contributed by atoms with Crippen molar-refractivity contribution < 1.29 is 23.1 Å². The largest absolute Gasteiger partial charge is 0.478 e. The Morgan fingerprint density at radius 3 is 2.70 bits per heavy atom. The zero-order valence-electron chi connectivity index (χ0n) is 12.9. The molecule has 1 aromatic heterocycles. The minimum Gasteiger partial charge on any atom is -0.478 e. The van der Waals surface area contributed by atoms with Crippen LogP contribution >= 0.6 is 0 Å². The van der Waals surface area contributed by atoms with Crippen molar-refractivity contribution in [1.82, 2.24) is 14.6 Å². The summed E-state index contributed by atoms with van der Waals surface area (Å²) in [7, 11) is -3.28. The van der Waals surface area contributed by atoms with Crippen LogP contribution in [0.4, 0.5) is 0 Å². The maximum Gasteiger partial charge on any atom is 0.337 e. The second-order valence-corrected chi connectivity index (χ2v) is 7.45. The number of amides is 1. The van der Waals surface area contributed by atoms with Crippen molar-refractivity contribution in [3.63, 3.8) is 0 Å². The fraction of sp³-hybridized carbons (Fsp3) is 0.500. The van der Waals surface area contributed by atoms with Gasteiger partial charge in [-0.25, -0.2) is 18.2 Å². The first-order chi connectivity index (χ1) is 10.7. The first-order valence-electron chi connectivity index (χ1n) is 7.16. The van der Waals surface area contributed by atoms with Crippen LogP contribution in [0.5, 0.6) is 0 Å². The Bertz CT molecular complexity index is 732. The predicted molar refractivity (Wildman–Crippen MR) is 82.8 cm³/mol. The highest BCUT2D eigenvalue weighted by molar-refractivity contribution is 7.88. The molecule has 0 unspecified atom stereocenters. The topological polar surface area (TPSA) is 117 Å². The molecule has 1 saturated heterocycles. The van der Waals surface area contributed by atoms with E-state index in [9.17, 15) is 18.0 Å². The molecule has 2 heterocycles. The lowest BCUT2D eigenvalue weighted by molar-refractivity contribution is 0.0694. The number of hydrogen-bond acceptors (Lipinski definition) is 5. The number of pyridine rings is 1. The Morgan fingerprint density at radius 2 is 2.13 bits per heavy atom. The average Bonchev–Trinajstić information content (AvgIpc) is 2.92. The third-order valence-electron chi connectivity index (χ3n) is 3.80. The standard InChI is InChI=1S/C14H19N3O5S/c1-9-11(14(19)20)5-6-12(16-9)13(18)15-8-10-4-3-7-17(10)23(2,21)22/h5-6,10H,3-4,7-8H2,1-2H3,(H,15,18)(H,19,20)/t10-/m1/s1. The van der Waals surface area contributed by atoms with Gasteiger partial charge in [-0.2, -0.15) is 4.31 Å². The van der Waals surface area contributed by atoms with Gasteiger partial charge in [-0.05, 0) is 31.9 Å². The van der Waals surface area contributed by atoms with Gasteiger partial charge >= 0.3 is 5.97 Å². The van der Waals surface area contributed by atoms with Gasteiger partial charge in [0.05, 0.1) is 17.5 Å². The minimum atomic E-state index is -3.28. The van der Waals surface area contributed by atoms with Crippen molar-refractivity contribution in [3.05, 3.63) is 29.1 Å². The second-order valence-electron chi connectivity index (χ2n) is 5.51. The molecule has 1 aromatic rings. The van der Waals surface area contributed by atoms with E-state index < -0.39 is 21.9 Å². The number of aromatic nitrogens is 1. The third kappa shape index (κ3) is 4.05. The van der Waals surface area contributed by atoms with Crippen LogP contribution in [0.2, 0.25) is 0 Å². The van der Waals surface area contributed by atoms with Crippen LogP contribution in [-0.2, 0) is 10.0 Å². The molecule has 1 aliphatic heterocycles. The number of carbonyl (C=O) groups excluding carboxylic acids is 1. The molecule has 1 atom stereocenters. The molecule has 0 aliphatic carbocycles. The van der Waals surface area contributed by atoms with Gasteiger partial charge in [-0.3, -0.25) is 4.79 Å². The zero-order valence-corrected chi connectivity index (χ0v) is 13.8. The number of nitrogens with zero attached hydrogens (tertiary/aromatic N) is 2. The van der Waals surface area contributed by atoms with E-state index in [0.29, 0.717) is 13.0 Å². The zero-order chi connectivity index (χ0) is 17.2. The lowest BCUT2D eigenvalue weighted by atomic mass is 10.2. The SMILES string of the molecule is Cc1nc(C(=O)NC[C@H]2CCCN2S(C)(=O)=O)ccc1C(=O)O. The quantitative estimate of drug-likeness (QED) is 0.792. The number of aromatic carboxylic acids is 1. The van der Waals surface area contributed by atoms with Gasteiger partial charge in [0.25, 0.3) is 5.91 Å². The maximum atomic E-state index is 12.1. The van der Waals surface area contributed by atoms with Gasteiger partial charge in [0.1, 0.15) is 5.69 Å². The molecule has 1 aliphatic rings. The third-order valence-corrected chi connectivity index (χ3v) is 5.13. The molecule has 0 aromatic carbocycles. The van der Waals surface area contributed by atoms with Crippen molar-refractivity contribution in [1.29, 1.82) is 0 Å². The van der Waals surface area contributed by atoms with Crippen LogP contribution in [0.25, 0.3) is 0 Å². The van der Waals surface area contributed by atoms with Gasteiger partial charge in [0.2, 0.25) is 10.0 Å². The molecule has 0 spiro atoms. The van der Waals surface area contributed by atoms with Gasteiger partial charge in [0.15, 0.2) is 0 Å². The number of hydrogen-bond donors (Lipinski definition) is 2. The number of carbonyl (C=O) groups is 2. The molecule has 1 amide bonds.